The van der Waals surface area contributed by atoms with Crippen LogP contribution in [0.25, 0.3) is 0 Å². The number of hydrogen-bond acceptors (Lipinski definition) is 4. The van der Waals surface area contributed by atoms with E-state index in [0.717, 1.165) is 17.1 Å². The SMILES string of the molecule is CC1=NN=C(C)C(C)=C(N)N1. The normalized spacial score (nSPS) is 18.5. The quantitative estimate of drug-likeness (QED) is 0.533. The molecule has 1 aliphatic rings. The summed E-state index contributed by atoms with van der Waals surface area (Å²) in [5, 5.41) is 10.7. The van der Waals surface area contributed by atoms with Gasteiger partial charge in [-0.15, -0.1) is 5.10 Å². The van der Waals surface area contributed by atoms with Crippen LogP contribution < -0.4 is 11.1 Å². The molecule has 0 unspecified atom stereocenters. The van der Waals surface area contributed by atoms with Crippen LogP contribution >= 0.6 is 0 Å². The number of nitrogens with zero attached hydrogens (tertiary/aromatic N) is 2. The Labute approximate surface area is 65.9 Å². The average Bonchev–Trinajstić information content (AvgIpc) is 2.05. The lowest BCUT2D eigenvalue weighted by atomic mass is 10.2. The maximum atomic E-state index is 5.67. The first-order valence-electron chi connectivity index (χ1n) is 3.44. The maximum absolute atomic E-state index is 5.67. The second kappa shape index (κ2) is 2.74. The number of allylic oxidation sites excluding steroid dienone is 1. The van der Waals surface area contributed by atoms with Crippen LogP contribution in [0, 0.1) is 0 Å². The van der Waals surface area contributed by atoms with Gasteiger partial charge in [0.05, 0.1) is 5.71 Å². The molecule has 0 aromatic carbocycles. The first-order chi connectivity index (χ1) is 5.11. The molecule has 0 aliphatic carbocycles. The van der Waals surface area contributed by atoms with Crippen molar-refractivity contribution in [2.75, 3.05) is 0 Å². The highest BCUT2D eigenvalue weighted by Crippen LogP contribution is 2.02. The Bertz CT molecular complexity index is 254. The molecule has 0 aromatic rings. The van der Waals surface area contributed by atoms with E-state index in [1.165, 1.54) is 0 Å². The number of rotatable bonds is 0. The third-order valence-corrected chi connectivity index (χ3v) is 1.61. The van der Waals surface area contributed by atoms with E-state index in [9.17, 15) is 0 Å². The van der Waals surface area contributed by atoms with Crippen LogP contribution in [0.5, 0.6) is 0 Å². The summed E-state index contributed by atoms with van der Waals surface area (Å²) >= 11 is 0. The van der Waals surface area contributed by atoms with Crippen molar-refractivity contribution in [2.45, 2.75) is 20.8 Å². The molecule has 60 valence electrons. The molecule has 0 spiro atoms. The molecule has 4 heteroatoms. The number of nitrogens with one attached hydrogen (secondary N) is 1. The van der Waals surface area contributed by atoms with Crippen molar-refractivity contribution in [3.05, 3.63) is 11.4 Å². The molecular weight excluding hydrogens is 140 g/mol. The molecule has 0 saturated heterocycles. The van der Waals surface area contributed by atoms with E-state index in [2.05, 4.69) is 15.5 Å². The number of amidine groups is 1. The first-order valence-corrected chi connectivity index (χ1v) is 3.44. The zero-order valence-electron chi connectivity index (χ0n) is 6.97. The van der Waals surface area contributed by atoms with E-state index in [1.54, 1.807) is 0 Å². The van der Waals surface area contributed by atoms with Crippen molar-refractivity contribution in [3.63, 3.8) is 0 Å². The molecular formula is C7H12N4. The van der Waals surface area contributed by atoms with E-state index in [0.29, 0.717) is 5.82 Å². The summed E-state index contributed by atoms with van der Waals surface area (Å²) in [6.07, 6.45) is 0. The Hall–Kier alpha value is -1.32. The second-order valence-electron chi connectivity index (χ2n) is 2.53. The van der Waals surface area contributed by atoms with Crippen molar-refractivity contribution in [1.29, 1.82) is 0 Å². The predicted molar refractivity (Wildman–Crippen MR) is 46.2 cm³/mol. The van der Waals surface area contributed by atoms with Gasteiger partial charge in [-0.05, 0) is 20.8 Å². The largest absolute Gasteiger partial charge is 0.385 e. The van der Waals surface area contributed by atoms with Crippen LogP contribution in [-0.4, -0.2) is 11.5 Å². The fourth-order valence-corrected chi connectivity index (χ4v) is 0.734. The standard InChI is InChI=1S/C7H12N4/c1-4-5(2)10-11-6(3)9-7(4)8/h8H2,1-3H3,(H,9,11). The minimum absolute atomic E-state index is 0.630. The Morgan fingerprint density at radius 1 is 1.18 bits per heavy atom. The van der Waals surface area contributed by atoms with Crippen LogP contribution in [-0.2, 0) is 0 Å². The van der Waals surface area contributed by atoms with E-state index >= 15 is 0 Å². The Kier molecular flexibility index (Phi) is 1.94. The highest BCUT2D eigenvalue weighted by atomic mass is 15.3. The fraction of sp³-hybridized carbons (Fsp3) is 0.429. The van der Waals surface area contributed by atoms with Gasteiger partial charge in [-0.3, -0.25) is 0 Å². The Balaban J connectivity index is 3.05. The molecule has 11 heavy (non-hydrogen) atoms. The molecule has 0 radical (unpaired) electrons. The van der Waals surface area contributed by atoms with Gasteiger partial charge in [0.2, 0.25) is 0 Å². The highest BCUT2D eigenvalue weighted by molar-refractivity contribution is 6.00. The summed E-state index contributed by atoms with van der Waals surface area (Å²) in [5.74, 6) is 1.35. The highest BCUT2D eigenvalue weighted by Gasteiger charge is 2.05. The van der Waals surface area contributed by atoms with Gasteiger partial charge in [0.1, 0.15) is 11.7 Å². The minimum Gasteiger partial charge on any atom is -0.385 e. The fourth-order valence-electron chi connectivity index (χ4n) is 0.734. The summed E-state index contributed by atoms with van der Waals surface area (Å²) in [4.78, 5) is 0. The third-order valence-electron chi connectivity index (χ3n) is 1.61. The lowest BCUT2D eigenvalue weighted by molar-refractivity contribution is 1.04. The van der Waals surface area contributed by atoms with Crippen molar-refractivity contribution < 1.29 is 0 Å². The molecule has 0 saturated carbocycles. The lowest BCUT2D eigenvalue weighted by Crippen LogP contribution is -2.26. The molecule has 1 heterocycles. The topological polar surface area (TPSA) is 62.8 Å². The molecule has 0 fully saturated rings. The minimum atomic E-state index is 0.630. The zero-order valence-corrected chi connectivity index (χ0v) is 6.97. The van der Waals surface area contributed by atoms with Crippen molar-refractivity contribution in [1.82, 2.24) is 5.32 Å². The average molecular weight is 152 g/mol. The van der Waals surface area contributed by atoms with Gasteiger partial charge in [0.15, 0.2) is 0 Å². The molecule has 4 nitrogen and oxygen atoms in total. The van der Waals surface area contributed by atoms with Gasteiger partial charge < -0.3 is 11.1 Å². The Morgan fingerprint density at radius 3 is 2.45 bits per heavy atom. The molecule has 0 amide bonds. The predicted octanol–water partition coefficient (Wildman–Crippen LogP) is 0.574. The van der Waals surface area contributed by atoms with Crippen molar-refractivity contribution >= 4 is 11.5 Å². The van der Waals surface area contributed by atoms with Crippen molar-refractivity contribution in [3.8, 4) is 0 Å². The maximum Gasteiger partial charge on any atom is 0.127 e. The monoisotopic (exact) mass is 152 g/mol. The van der Waals surface area contributed by atoms with Gasteiger partial charge in [-0.2, -0.15) is 5.10 Å². The van der Waals surface area contributed by atoms with Gasteiger partial charge in [-0.25, -0.2) is 0 Å². The molecule has 0 bridgehead atoms. The molecule has 1 aliphatic heterocycles. The molecule has 3 N–H and O–H groups in total. The second-order valence-corrected chi connectivity index (χ2v) is 2.53. The van der Waals surface area contributed by atoms with E-state index < -0.39 is 0 Å². The van der Waals surface area contributed by atoms with E-state index in [4.69, 9.17) is 5.73 Å². The zero-order chi connectivity index (χ0) is 8.43. The van der Waals surface area contributed by atoms with Gasteiger partial charge in [-0.1, -0.05) is 0 Å². The summed E-state index contributed by atoms with van der Waals surface area (Å²) in [7, 11) is 0. The lowest BCUT2D eigenvalue weighted by Gasteiger charge is -2.04. The van der Waals surface area contributed by atoms with E-state index in [-0.39, 0.29) is 0 Å². The summed E-state index contributed by atoms with van der Waals surface area (Å²) in [5.41, 5.74) is 7.47. The van der Waals surface area contributed by atoms with Gasteiger partial charge >= 0.3 is 0 Å². The molecule has 0 atom stereocenters. The summed E-state index contributed by atoms with van der Waals surface area (Å²) in [6.45, 7) is 5.61. The summed E-state index contributed by atoms with van der Waals surface area (Å²) in [6, 6.07) is 0. The van der Waals surface area contributed by atoms with Crippen LogP contribution in [0.3, 0.4) is 0 Å². The van der Waals surface area contributed by atoms with Crippen LogP contribution in [0.1, 0.15) is 20.8 Å². The first kappa shape index (κ1) is 7.78. The van der Waals surface area contributed by atoms with Gasteiger partial charge in [0, 0.05) is 5.57 Å². The van der Waals surface area contributed by atoms with Gasteiger partial charge in [0.25, 0.3) is 0 Å². The van der Waals surface area contributed by atoms with Crippen LogP contribution in [0.15, 0.2) is 21.6 Å². The third kappa shape index (κ3) is 1.58. The molecule has 1 rings (SSSR count). The van der Waals surface area contributed by atoms with Crippen LogP contribution in [0.2, 0.25) is 0 Å². The Morgan fingerprint density at radius 2 is 1.82 bits per heavy atom. The van der Waals surface area contributed by atoms with E-state index in [1.807, 2.05) is 20.8 Å². The van der Waals surface area contributed by atoms with Crippen molar-refractivity contribution in [2.24, 2.45) is 15.9 Å². The van der Waals surface area contributed by atoms with Crippen LogP contribution in [0.4, 0.5) is 0 Å². The number of hydrogen-bond donors (Lipinski definition) is 2. The smallest absolute Gasteiger partial charge is 0.127 e. The number of nitrogens with two attached hydrogens (primary N) is 1. The summed E-state index contributed by atoms with van der Waals surface area (Å²) < 4.78 is 0. The molecule has 0 aromatic heterocycles.